The van der Waals surface area contributed by atoms with Crippen molar-refractivity contribution in [3.63, 3.8) is 0 Å². The van der Waals surface area contributed by atoms with Crippen molar-refractivity contribution in [1.82, 2.24) is 9.97 Å². The van der Waals surface area contributed by atoms with Gasteiger partial charge in [0.1, 0.15) is 5.58 Å². The first-order chi connectivity index (χ1) is 32.2. The van der Waals surface area contributed by atoms with E-state index in [0.29, 0.717) is 27.9 Å². The molecule has 1 aliphatic carbocycles. The van der Waals surface area contributed by atoms with Gasteiger partial charge in [-0.2, -0.15) is 0 Å². The largest absolute Gasteiger partial charge is 0.501 e. The minimum Gasteiger partial charge on any atom is -0.501 e. The van der Waals surface area contributed by atoms with Crippen molar-refractivity contribution in [2.75, 3.05) is 0 Å². The summed E-state index contributed by atoms with van der Waals surface area (Å²) in [5.74, 6) is -0.700. The second kappa shape index (κ2) is 16.8. The minimum atomic E-state index is -2.74. The van der Waals surface area contributed by atoms with Crippen LogP contribution in [0.15, 0.2) is 126 Å². The van der Waals surface area contributed by atoms with Crippen LogP contribution >= 0.6 is 0 Å². The van der Waals surface area contributed by atoms with E-state index in [1.165, 1.54) is 36.0 Å². The molecule has 3 aromatic heterocycles. The molecule has 1 saturated carbocycles. The number of furan rings is 1. The molecule has 3 nitrogen and oxygen atoms in total. The van der Waals surface area contributed by atoms with Gasteiger partial charge in [0.25, 0.3) is 0 Å². The van der Waals surface area contributed by atoms with Crippen LogP contribution in [-0.4, -0.2) is 9.97 Å². The van der Waals surface area contributed by atoms with Crippen LogP contribution in [0.25, 0.3) is 66.7 Å². The fraction of sp³-hybridized carbons (Fsp3) is 0.245. The zero-order chi connectivity index (χ0) is 49.9. The van der Waals surface area contributed by atoms with Gasteiger partial charge in [0.2, 0.25) is 0 Å². The Morgan fingerprint density at radius 3 is 2.14 bits per heavy atom. The molecule has 1 fully saturated rings. The smallest absolute Gasteiger partial charge is 0.120 e. The number of fused-ring (bicyclic) bond motifs is 3. The topological polar surface area (TPSA) is 38.9 Å². The van der Waals surface area contributed by atoms with E-state index >= 15 is 0 Å². The second-order valence-corrected chi connectivity index (χ2v) is 15.3. The molecule has 0 bridgehead atoms. The molecule has 0 saturated heterocycles. The van der Waals surface area contributed by atoms with E-state index in [2.05, 4.69) is 42.9 Å². The zero-order valence-corrected chi connectivity index (χ0v) is 34.4. The first-order valence-electron chi connectivity index (χ1n) is 25.3. The van der Waals surface area contributed by atoms with Gasteiger partial charge in [0.15, 0.2) is 0 Å². The summed E-state index contributed by atoms with van der Waals surface area (Å²) in [4.78, 5) is 8.91. The molecule has 8 aromatic rings. The first-order valence-corrected chi connectivity index (χ1v) is 18.8. The number of hydrogen-bond donors (Lipinski definition) is 0. The monoisotopic (exact) mass is 936 g/mol. The number of aryl methyl sites for hydroxylation is 4. The summed E-state index contributed by atoms with van der Waals surface area (Å²) in [7, 11) is 0. The molecule has 0 aliphatic heterocycles. The zero-order valence-electron chi connectivity index (χ0n) is 45.0. The predicted molar refractivity (Wildman–Crippen MR) is 234 cm³/mol. The van der Waals surface area contributed by atoms with Crippen LogP contribution in [0.4, 0.5) is 0 Å². The SMILES string of the molecule is [2H]C([2H])([2H])c1c[c-]c(-c2ccc(C(C)(C)C)cn2)cc1.[2H]C([2H])([2H])c1cc(-c2cc(-c3[c-]ccc4c3oc3ccccc34)ncc2C([2H])([2H])[2H])c(C([2H])([2H])[2H])cc1-c1ccc(C2([2H])CCCC2)cc1.[Ir]. The second-order valence-electron chi connectivity index (χ2n) is 15.3. The van der Waals surface area contributed by atoms with E-state index < -0.39 is 33.3 Å². The molecule has 4 heteroatoms. The third-order valence-electron chi connectivity index (χ3n) is 10.5. The first kappa shape index (κ1) is 26.7. The molecule has 289 valence electrons. The van der Waals surface area contributed by atoms with Crippen LogP contribution in [0.3, 0.4) is 0 Å². The Hall–Kier alpha value is -5.15. The van der Waals surface area contributed by atoms with Crippen LogP contribution < -0.4 is 0 Å². The Morgan fingerprint density at radius 1 is 0.702 bits per heavy atom. The predicted octanol–water partition coefficient (Wildman–Crippen LogP) is 14.5. The molecule has 9 rings (SSSR count). The summed E-state index contributed by atoms with van der Waals surface area (Å²) in [6, 6.07) is 37.3. The van der Waals surface area contributed by atoms with Crippen molar-refractivity contribution >= 4 is 21.9 Å². The maximum atomic E-state index is 8.88. The number of benzene rings is 5. The summed E-state index contributed by atoms with van der Waals surface area (Å²) < 4.78 is 113. The van der Waals surface area contributed by atoms with Crippen molar-refractivity contribution in [2.24, 2.45) is 0 Å². The fourth-order valence-electron chi connectivity index (χ4n) is 7.31. The van der Waals surface area contributed by atoms with E-state index in [1.54, 1.807) is 30.3 Å². The standard InChI is InChI=1S/C37H32NO.C16H18N.Ir/c1-23-20-33(24(2)19-32(23)28-17-15-27(16-18-28)26-9-4-5-10-26)34-21-35(38-22-25(34)3)31-13-8-12-30-29-11-6-7-14-36(29)39-37(30)31;1-12-5-7-13(8-6-12)15-10-9-14(11-17-15)16(2,3)4;/h6-8,11-12,14-22,26H,4-5,9-10H2,1-3H3;5-7,9-11H,1-4H3;/q2*-1;/i1D3,2D3,3D3,26D;1D3;. The minimum absolute atomic E-state index is 0. The molecule has 0 atom stereocenters. The molecule has 5 aromatic carbocycles. The van der Waals surface area contributed by atoms with Gasteiger partial charge >= 0.3 is 0 Å². The van der Waals surface area contributed by atoms with Crippen LogP contribution in [0, 0.1) is 39.5 Å². The molecule has 0 amide bonds. The number of nitrogens with zero attached hydrogens (tertiary/aromatic N) is 2. The van der Waals surface area contributed by atoms with Crippen LogP contribution in [0.5, 0.6) is 0 Å². The molecular weight excluding hydrogens is 873 g/mol. The molecule has 3 heterocycles. The normalized spacial score (nSPS) is 17.8. The van der Waals surface area contributed by atoms with E-state index in [0.717, 1.165) is 53.3 Å². The Labute approximate surface area is 370 Å². The van der Waals surface area contributed by atoms with Gasteiger partial charge in [0.05, 0.1) is 5.58 Å². The summed E-state index contributed by atoms with van der Waals surface area (Å²) in [6.45, 7) is -3.79. The van der Waals surface area contributed by atoms with Crippen molar-refractivity contribution in [3.05, 3.63) is 167 Å². The summed E-state index contributed by atoms with van der Waals surface area (Å²) in [6.07, 6.45) is 6.48. The fourth-order valence-corrected chi connectivity index (χ4v) is 7.31. The molecule has 1 radical (unpaired) electrons. The third kappa shape index (κ3) is 8.45. The van der Waals surface area contributed by atoms with E-state index in [4.69, 9.17) is 22.2 Å². The van der Waals surface area contributed by atoms with Gasteiger partial charge in [0, 0.05) is 55.7 Å². The third-order valence-corrected chi connectivity index (χ3v) is 10.5. The number of aromatic nitrogens is 2. The van der Waals surface area contributed by atoms with Gasteiger partial charge in [-0.1, -0.05) is 124 Å². The molecular formula is C53H50IrN2O-2. The Bertz CT molecular complexity index is 3080. The van der Waals surface area contributed by atoms with Crippen molar-refractivity contribution in [2.45, 2.75) is 85.2 Å². The number of rotatable bonds is 5. The van der Waals surface area contributed by atoms with Gasteiger partial charge in [-0.15, -0.1) is 53.6 Å². The number of hydrogen-bond acceptors (Lipinski definition) is 3. The Morgan fingerprint density at radius 2 is 1.44 bits per heavy atom. The maximum absolute atomic E-state index is 8.88. The number of para-hydroxylation sites is 1. The summed E-state index contributed by atoms with van der Waals surface area (Å²) in [5.41, 5.74) is 6.00. The van der Waals surface area contributed by atoms with Crippen LogP contribution in [-0.2, 0) is 25.5 Å². The maximum Gasteiger partial charge on any atom is 0.120 e. The van der Waals surface area contributed by atoms with Gasteiger partial charge in [-0.05, 0) is 112 Å². The van der Waals surface area contributed by atoms with E-state index in [1.807, 2.05) is 60.8 Å². The van der Waals surface area contributed by atoms with Gasteiger partial charge in [-0.3, -0.25) is 0 Å². The van der Waals surface area contributed by atoms with Crippen molar-refractivity contribution in [3.8, 4) is 44.8 Å². The molecule has 57 heavy (non-hydrogen) atoms. The van der Waals surface area contributed by atoms with Gasteiger partial charge < -0.3 is 14.4 Å². The van der Waals surface area contributed by atoms with Crippen LogP contribution in [0.2, 0.25) is 0 Å². The summed E-state index contributed by atoms with van der Waals surface area (Å²) in [5, 5.41) is 1.68. The average molecular weight is 936 g/mol. The molecule has 0 unspecified atom stereocenters. The Balaban J connectivity index is 0.000000289. The molecule has 0 spiro atoms. The van der Waals surface area contributed by atoms with E-state index in [9.17, 15) is 0 Å². The van der Waals surface area contributed by atoms with E-state index in [-0.39, 0.29) is 64.6 Å². The summed E-state index contributed by atoms with van der Waals surface area (Å²) >= 11 is 0. The van der Waals surface area contributed by atoms with Gasteiger partial charge in [-0.25, -0.2) is 0 Å². The van der Waals surface area contributed by atoms with Crippen molar-refractivity contribution < 1.29 is 42.3 Å². The average Bonchev–Trinajstić information content (AvgIpc) is 3.92. The molecule has 0 N–H and O–H groups in total. The quantitative estimate of drug-likeness (QED) is 0.161. The van der Waals surface area contributed by atoms with Crippen molar-refractivity contribution in [1.29, 1.82) is 0 Å². The van der Waals surface area contributed by atoms with Crippen LogP contribution in [0.1, 0.15) is 104 Å². The number of pyridine rings is 2. The molecule has 1 aliphatic rings. The Kier molecular flexibility index (Phi) is 7.85.